The van der Waals surface area contributed by atoms with Gasteiger partial charge in [-0.2, -0.15) is 4.99 Å². The lowest BCUT2D eigenvalue weighted by atomic mass is 9.81. The number of aliphatic imine (C=N–C) groups is 1. The minimum atomic E-state index is -0.191. The van der Waals surface area contributed by atoms with Crippen LogP contribution < -0.4 is 0 Å². The molecule has 108 valence electrons. The summed E-state index contributed by atoms with van der Waals surface area (Å²) in [6, 6.07) is 14.8. The third-order valence-corrected chi connectivity index (χ3v) is 3.96. The fourth-order valence-electron chi connectivity index (χ4n) is 2.95. The summed E-state index contributed by atoms with van der Waals surface area (Å²) in [5, 5.41) is 2.51. The lowest BCUT2D eigenvalue weighted by molar-refractivity contribution is 0.547. The number of nitrogens with zero attached hydrogens (tertiary/aromatic N) is 1. The van der Waals surface area contributed by atoms with E-state index in [2.05, 4.69) is 60.5 Å². The van der Waals surface area contributed by atoms with Gasteiger partial charge < -0.3 is 0 Å². The molecule has 2 aromatic carbocycles. The quantitative estimate of drug-likeness (QED) is 0.592. The van der Waals surface area contributed by atoms with E-state index in [-0.39, 0.29) is 5.41 Å². The fourth-order valence-corrected chi connectivity index (χ4v) is 2.95. The molecule has 1 atom stereocenters. The first kappa shape index (κ1) is 14.2. The molecule has 22 heavy (non-hydrogen) atoms. The van der Waals surface area contributed by atoms with Crippen LogP contribution in [0, 0.1) is 5.41 Å². The van der Waals surface area contributed by atoms with E-state index in [1.807, 2.05) is 24.3 Å². The smallest absolute Gasteiger partial charge is 0.211 e. The number of isocyanates is 1. The molecule has 0 aliphatic heterocycles. The Morgan fingerprint density at radius 2 is 1.91 bits per heavy atom. The molecule has 1 unspecified atom stereocenters. The van der Waals surface area contributed by atoms with E-state index >= 15 is 0 Å². The standard InChI is InChI=1S/C20H17NO/c1-20(12-5-4-10-18(14-20)21-15-22)13-17-9-6-8-16-7-2-3-11-19(16)17/h2-12,14H,13H2,1H3. The van der Waals surface area contributed by atoms with Crippen molar-refractivity contribution in [1.29, 1.82) is 0 Å². The number of fused-ring (bicyclic) bond motifs is 1. The van der Waals surface area contributed by atoms with E-state index < -0.39 is 0 Å². The van der Waals surface area contributed by atoms with Crippen LogP contribution in [0.2, 0.25) is 0 Å². The summed E-state index contributed by atoms with van der Waals surface area (Å²) in [4.78, 5) is 14.3. The topological polar surface area (TPSA) is 29.4 Å². The van der Waals surface area contributed by atoms with Crippen molar-refractivity contribution in [3.8, 4) is 0 Å². The third kappa shape index (κ3) is 2.98. The first-order chi connectivity index (χ1) is 10.7. The fraction of sp³-hybridized carbons (Fsp3) is 0.150. The van der Waals surface area contributed by atoms with Crippen molar-refractivity contribution >= 4 is 16.9 Å². The Hall–Kier alpha value is -2.70. The summed E-state index contributed by atoms with van der Waals surface area (Å²) in [6.07, 6.45) is 12.4. The Morgan fingerprint density at radius 1 is 1.09 bits per heavy atom. The van der Waals surface area contributed by atoms with Crippen molar-refractivity contribution in [2.45, 2.75) is 13.3 Å². The highest BCUT2D eigenvalue weighted by molar-refractivity contribution is 5.85. The highest BCUT2D eigenvalue weighted by Crippen LogP contribution is 2.32. The third-order valence-electron chi connectivity index (χ3n) is 3.96. The number of hydrogen-bond donors (Lipinski definition) is 0. The largest absolute Gasteiger partial charge is 0.240 e. The average molecular weight is 287 g/mol. The maximum atomic E-state index is 10.5. The zero-order valence-electron chi connectivity index (χ0n) is 12.5. The molecule has 1 aliphatic rings. The summed E-state index contributed by atoms with van der Waals surface area (Å²) in [5.41, 5.74) is 1.75. The molecule has 0 saturated heterocycles. The summed E-state index contributed by atoms with van der Waals surface area (Å²) >= 11 is 0. The number of hydrogen-bond acceptors (Lipinski definition) is 2. The summed E-state index contributed by atoms with van der Waals surface area (Å²) in [5.74, 6) is 0. The van der Waals surface area contributed by atoms with Crippen LogP contribution in [0.25, 0.3) is 10.8 Å². The zero-order valence-corrected chi connectivity index (χ0v) is 12.5. The van der Waals surface area contributed by atoms with Gasteiger partial charge in [0.2, 0.25) is 6.08 Å². The molecule has 0 fully saturated rings. The monoisotopic (exact) mass is 287 g/mol. The second-order valence-corrected chi connectivity index (χ2v) is 5.81. The van der Waals surface area contributed by atoms with Crippen molar-refractivity contribution < 1.29 is 4.79 Å². The molecule has 3 rings (SSSR count). The highest BCUT2D eigenvalue weighted by Gasteiger charge is 2.21. The van der Waals surface area contributed by atoms with Crippen LogP contribution in [-0.2, 0) is 11.2 Å². The number of rotatable bonds is 3. The van der Waals surface area contributed by atoms with E-state index in [1.54, 1.807) is 6.08 Å². The average Bonchev–Trinajstić information content (AvgIpc) is 2.70. The molecule has 2 nitrogen and oxygen atoms in total. The molecule has 0 N–H and O–H groups in total. The van der Waals surface area contributed by atoms with Gasteiger partial charge in [0, 0.05) is 5.41 Å². The first-order valence-corrected chi connectivity index (χ1v) is 7.33. The van der Waals surface area contributed by atoms with Gasteiger partial charge >= 0.3 is 0 Å². The molecule has 0 saturated carbocycles. The molecule has 2 aromatic rings. The van der Waals surface area contributed by atoms with Crippen LogP contribution in [0.15, 0.2) is 83.5 Å². The van der Waals surface area contributed by atoms with E-state index in [1.165, 1.54) is 16.3 Å². The van der Waals surface area contributed by atoms with Crippen molar-refractivity contribution in [3.05, 3.63) is 84.1 Å². The minimum Gasteiger partial charge on any atom is -0.211 e. The Bertz CT molecular complexity index is 832. The Balaban J connectivity index is 2.03. The molecule has 0 bridgehead atoms. The van der Waals surface area contributed by atoms with Crippen LogP contribution in [0.4, 0.5) is 0 Å². The Kier molecular flexibility index (Phi) is 3.86. The number of benzene rings is 2. The van der Waals surface area contributed by atoms with Gasteiger partial charge in [-0.25, -0.2) is 4.79 Å². The summed E-state index contributed by atoms with van der Waals surface area (Å²) in [6.45, 7) is 2.15. The molecule has 0 heterocycles. The van der Waals surface area contributed by atoms with Gasteiger partial charge in [0.1, 0.15) is 0 Å². The predicted octanol–water partition coefficient (Wildman–Crippen LogP) is 4.73. The highest BCUT2D eigenvalue weighted by atomic mass is 16.1. The normalized spacial score (nSPS) is 20.3. The van der Waals surface area contributed by atoms with Gasteiger partial charge in [-0.15, -0.1) is 0 Å². The first-order valence-electron chi connectivity index (χ1n) is 7.33. The molecular formula is C20H17NO. The van der Waals surface area contributed by atoms with E-state index in [9.17, 15) is 4.79 Å². The molecule has 1 aliphatic carbocycles. The SMILES string of the molecule is CC1(Cc2cccc3ccccc23)C=CC=CC(N=C=O)=C1. The lowest BCUT2D eigenvalue weighted by Crippen LogP contribution is -2.14. The van der Waals surface area contributed by atoms with Gasteiger partial charge in [-0.05, 0) is 34.9 Å². The molecule has 0 spiro atoms. The second kappa shape index (κ2) is 5.97. The van der Waals surface area contributed by atoms with Crippen LogP contribution in [0.5, 0.6) is 0 Å². The van der Waals surface area contributed by atoms with Crippen LogP contribution in [0.1, 0.15) is 12.5 Å². The van der Waals surface area contributed by atoms with Gasteiger partial charge in [0.05, 0.1) is 5.70 Å². The van der Waals surface area contributed by atoms with Crippen molar-refractivity contribution in [2.75, 3.05) is 0 Å². The van der Waals surface area contributed by atoms with Crippen molar-refractivity contribution in [3.63, 3.8) is 0 Å². The Labute approximate surface area is 130 Å². The zero-order chi connectivity index (χ0) is 15.4. The molecule has 0 aromatic heterocycles. The minimum absolute atomic E-state index is 0.191. The lowest BCUT2D eigenvalue weighted by Gasteiger charge is -2.23. The van der Waals surface area contributed by atoms with Gasteiger partial charge in [-0.3, -0.25) is 0 Å². The van der Waals surface area contributed by atoms with Crippen LogP contribution >= 0.6 is 0 Å². The number of carbonyl (C=O) groups excluding carboxylic acids is 1. The number of allylic oxidation sites excluding steroid dienone is 5. The predicted molar refractivity (Wildman–Crippen MR) is 90.2 cm³/mol. The molecule has 2 heteroatoms. The second-order valence-electron chi connectivity index (χ2n) is 5.81. The van der Waals surface area contributed by atoms with Gasteiger partial charge in [0.15, 0.2) is 0 Å². The van der Waals surface area contributed by atoms with Crippen molar-refractivity contribution in [1.82, 2.24) is 0 Å². The summed E-state index contributed by atoms with van der Waals surface area (Å²) in [7, 11) is 0. The molecular weight excluding hydrogens is 270 g/mol. The maximum absolute atomic E-state index is 10.5. The molecule has 0 radical (unpaired) electrons. The van der Waals surface area contributed by atoms with Crippen LogP contribution in [-0.4, -0.2) is 6.08 Å². The van der Waals surface area contributed by atoms with E-state index in [0.717, 1.165) is 6.42 Å². The Morgan fingerprint density at radius 3 is 2.77 bits per heavy atom. The van der Waals surface area contributed by atoms with E-state index in [4.69, 9.17) is 0 Å². The van der Waals surface area contributed by atoms with Crippen LogP contribution in [0.3, 0.4) is 0 Å². The van der Waals surface area contributed by atoms with Crippen molar-refractivity contribution in [2.24, 2.45) is 10.4 Å². The van der Waals surface area contributed by atoms with E-state index in [0.29, 0.717) is 5.70 Å². The van der Waals surface area contributed by atoms with Gasteiger partial charge in [-0.1, -0.05) is 67.6 Å². The van der Waals surface area contributed by atoms with Gasteiger partial charge in [0.25, 0.3) is 0 Å². The summed E-state index contributed by atoms with van der Waals surface area (Å²) < 4.78 is 0. The maximum Gasteiger partial charge on any atom is 0.240 e. The molecule has 0 amide bonds.